The molecular weight excluding hydrogens is 257 g/mol. The number of thioether (sulfide) groups is 1. The smallest absolute Gasteiger partial charge is 0.384 e. The lowest BCUT2D eigenvalue weighted by molar-refractivity contribution is -0.122. The van der Waals surface area contributed by atoms with Gasteiger partial charge in [-0.25, -0.2) is 0 Å². The van der Waals surface area contributed by atoms with Gasteiger partial charge < -0.3 is 4.74 Å². The van der Waals surface area contributed by atoms with Crippen LogP contribution in [-0.4, -0.2) is 36.2 Å². The Hall–Kier alpha value is 0.580. The van der Waals surface area contributed by atoms with Gasteiger partial charge in [0.05, 0.1) is 6.61 Å². The number of ether oxygens (including phenoxy) is 1. The van der Waals surface area contributed by atoms with Crippen LogP contribution in [0, 0.1) is 0 Å². The molecule has 0 aromatic rings. The standard InChI is InChI=1S/C6H10BrF3OS/c1-11-2-3-12-4-5(7)6(8,9)10/h5H,2-4H2,1H3. The van der Waals surface area contributed by atoms with Crippen LogP contribution in [0.3, 0.4) is 0 Å². The molecule has 6 heteroatoms. The lowest BCUT2D eigenvalue weighted by atomic mass is 10.5. The topological polar surface area (TPSA) is 9.23 Å². The third-order valence-electron chi connectivity index (χ3n) is 1.05. The van der Waals surface area contributed by atoms with Crippen LogP contribution in [0.1, 0.15) is 0 Å². The van der Waals surface area contributed by atoms with Gasteiger partial charge in [0.25, 0.3) is 0 Å². The summed E-state index contributed by atoms with van der Waals surface area (Å²) in [5, 5.41) is 0. The average molecular weight is 267 g/mol. The van der Waals surface area contributed by atoms with Crippen LogP contribution in [-0.2, 0) is 4.74 Å². The van der Waals surface area contributed by atoms with Gasteiger partial charge in [0.15, 0.2) is 0 Å². The average Bonchev–Trinajstić information content (AvgIpc) is 1.96. The Morgan fingerprint density at radius 1 is 1.50 bits per heavy atom. The molecule has 0 N–H and O–H groups in total. The van der Waals surface area contributed by atoms with E-state index in [4.69, 9.17) is 4.74 Å². The fourth-order valence-corrected chi connectivity index (χ4v) is 1.83. The van der Waals surface area contributed by atoms with Crippen LogP contribution in [0.2, 0.25) is 0 Å². The van der Waals surface area contributed by atoms with Crippen molar-refractivity contribution in [2.45, 2.75) is 11.0 Å². The summed E-state index contributed by atoms with van der Waals surface area (Å²) in [5.74, 6) is 0.627. The van der Waals surface area contributed by atoms with Crippen molar-refractivity contribution in [2.75, 3.05) is 25.2 Å². The van der Waals surface area contributed by atoms with Gasteiger partial charge in [-0.2, -0.15) is 24.9 Å². The predicted molar refractivity (Wildman–Crippen MR) is 48.0 cm³/mol. The minimum absolute atomic E-state index is 0.0346. The molecule has 0 amide bonds. The zero-order chi connectivity index (χ0) is 9.61. The summed E-state index contributed by atoms with van der Waals surface area (Å²) in [6.07, 6.45) is -4.14. The van der Waals surface area contributed by atoms with Crippen LogP contribution in [0.25, 0.3) is 0 Å². The summed E-state index contributed by atoms with van der Waals surface area (Å²) >= 11 is 3.78. The van der Waals surface area contributed by atoms with E-state index in [1.807, 2.05) is 0 Å². The van der Waals surface area contributed by atoms with E-state index in [1.54, 1.807) is 0 Å². The number of methoxy groups -OCH3 is 1. The molecule has 0 radical (unpaired) electrons. The second-order valence-corrected chi connectivity index (χ2v) is 4.33. The van der Waals surface area contributed by atoms with Crippen LogP contribution in [0.5, 0.6) is 0 Å². The molecule has 0 rings (SSSR count). The van der Waals surface area contributed by atoms with Crippen molar-refractivity contribution < 1.29 is 17.9 Å². The summed E-state index contributed by atoms with van der Waals surface area (Å²) in [6.45, 7) is 0.488. The van der Waals surface area contributed by atoms with Gasteiger partial charge >= 0.3 is 6.18 Å². The molecule has 0 saturated carbocycles. The third kappa shape index (κ3) is 6.14. The first-order chi connectivity index (χ1) is 5.48. The van der Waals surface area contributed by atoms with Gasteiger partial charge in [-0.1, -0.05) is 15.9 Å². The van der Waals surface area contributed by atoms with E-state index in [0.29, 0.717) is 12.4 Å². The lowest BCUT2D eigenvalue weighted by Gasteiger charge is -2.12. The molecule has 0 aliphatic carbocycles. The van der Waals surface area contributed by atoms with Crippen molar-refractivity contribution in [2.24, 2.45) is 0 Å². The Labute approximate surface area is 82.2 Å². The van der Waals surface area contributed by atoms with Gasteiger partial charge in [0, 0.05) is 18.6 Å². The Balaban J connectivity index is 3.38. The highest BCUT2D eigenvalue weighted by atomic mass is 79.9. The molecule has 0 aliphatic rings. The second-order valence-electron chi connectivity index (χ2n) is 2.08. The molecule has 74 valence electrons. The molecule has 12 heavy (non-hydrogen) atoms. The first kappa shape index (κ1) is 12.6. The van der Waals surface area contributed by atoms with Gasteiger partial charge in [-0.05, 0) is 0 Å². The Morgan fingerprint density at radius 2 is 2.08 bits per heavy atom. The molecular formula is C6H10BrF3OS. The van der Waals surface area contributed by atoms with Gasteiger partial charge in [-0.15, -0.1) is 0 Å². The summed E-state index contributed by atoms with van der Waals surface area (Å²) in [4.78, 5) is -1.41. The molecule has 0 aromatic carbocycles. The minimum Gasteiger partial charge on any atom is -0.384 e. The Kier molecular flexibility index (Phi) is 6.39. The van der Waals surface area contributed by atoms with Gasteiger partial charge in [-0.3, -0.25) is 0 Å². The highest BCUT2D eigenvalue weighted by Crippen LogP contribution is 2.28. The third-order valence-corrected chi connectivity index (χ3v) is 3.35. The maximum Gasteiger partial charge on any atom is 0.402 e. The van der Waals surface area contributed by atoms with Crippen LogP contribution in [0.15, 0.2) is 0 Å². The maximum absolute atomic E-state index is 11.9. The monoisotopic (exact) mass is 266 g/mol. The summed E-state index contributed by atoms with van der Waals surface area (Å²) in [6, 6.07) is 0. The molecule has 0 spiro atoms. The van der Waals surface area contributed by atoms with Crippen LogP contribution >= 0.6 is 27.7 Å². The van der Waals surface area contributed by atoms with E-state index in [1.165, 1.54) is 18.9 Å². The SMILES string of the molecule is COCCSCC(Br)C(F)(F)F. The number of rotatable bonds is 5. The number of halogens is 4. The second kappa shape index (κ2) is 6.10. The largest absolute Gasteiger partial charge is 0.402 e. The van der Waals surface area contributed by atoms with E-state index in [9.17, 15) is 13.2 Å². The van der Waals surface area contributed by atoms with E-state index in [2.05, 4.69) is 15.9 Å². The zero-order valence-electron chi connectivity index (χ0n) is 6.53. The lowest BCUT2D eigenvalue weighted by Crippen LogP contribution is -2.25. The van der Waals surface area contributed by atoms with Crippen LogP contribution < -0.4 is 0 Å². The fourth-order valence-electron chi connectivity index (χ4n) is 0.424. The fraction of sp³-hybridized carbons (Fsp3) is 1.00. The van der Waals surface area contributed by atoms with Crippen molar-refractivity contribution >= 4 is 27.7 Å². The number of alkyl halides is 4. The van der Waals surface area contributed by atoms with E-state index < -0.39 is 11.0 Å². The van der Waals surface area contributed by atoms with Gasteiger partial charge in [0.2, 0.25) is 0 Å². The molecule has 0 saturated heterocycles. The molecule has 0 bridgehead atoms. The van der Waals surface area contributed by atoms with Gasteiger partial charge in [0.1, 0.15) is 4.83 Å². The highest BCUT2D eigenvalue weighted by Gasteiger charge is 2.37. The Morgan fingerprint density at radius 3 is 2.50 bits per heavy atom. The number of hydrogen-bond acceptors (Lipinski definition) is 2. The van der Waals surface area contributed by atoms with E-state index in [0.717, 1.165) is 0 Å². The molecule has 0 fully saturated rings. The first-order valence-electron chi connectivity index (χ1n) is 3.26. The van der Waals surface area contributed by atoms with E-state index in [-0.39, 0.29) is 5.75 Å². The maximum atomic E-state index is 11.9. The van der Waals surface area contributed by atoms with Crippen molar-refractivity contribution in [1.82, 2.24) is 0 Å². The summed E-state index contributed by atoms with van der Waals surface area (Å²) < 4.78 is 40.3. The quantitative estimate of drug-likeness (QED) is 0.559. The minimum atomic E-state index is -4.14. The first-order valence-corrected chi connectivity index (χ1v) is 5.33. The molecule has 1 nitrogen and oxygen atoms in total. The number of hydrogen-bond donors (Lipinski definition) is 0. The van der Waals surface area contributed by atoms with Crippen molar-refractivity contribution in [1.29, 1.82) is 0 Å². The normalized spacial score (nSPS) is 14.8. The zero-order valence-corrected chi connectivity index (χ0v) is 8.93. The van der Waals surface area contributed by atoms with Crippen molar-refractivity contribution in [3.63, 3.8) is 0 Å². The van der Waals surface area contributed by atoms with Crippen LogP contribution in [0.4, 0.5) is 13.2 Å². The highest BCUT2D eigenvalue weighted by molar-refractivity contribution is 9.09. The molecule has 0 aliphatic heterocycles. The Bertz CT molecular complexity index is 120. The molecule has 0 aromatic heterocycles. The molecule has 1 atom stereocenters. The summed E-state index contributed by atoms with van der Waals surface area (Å²) in [7, 11) is 1.52. The molecule has 0 heterocycles. The van der Waals surface area contributed by atoms with Crippen molar-refractivity contribution in [3.8, 4) is 0 Å². The van der Waals surface area contributed by atoms with E-state index >= 15 is 0 Å². The predicted octanol–water partition coefficient (Wildman–Crippen LogP) is 2.69. The molecule has 1 unspecified atom stereocenters. The summed E-state index contributed by atoms with van der Waals surface area (Å²) in [5.41, 5.74) is 0. The van der Waals surface area contributed by atoms with Crippen molar-refractivity contribution in [3.05, 3.63) is 0 Å².